The van der Waals surface area contributed by atoms with Crippen molar-refractivity contribution in [2.45, 2.75) is 10.9 Å². The minimum atomic E-state index is -3.65. The van der Waals surface area contributed by atoms with Crippen molar-refractivity contribution in [3.8, 4) is 5.75 Å². The SMILES string of the molecule is COc1ccc(C2C(=C(O)c3ccc(S(=O)(=O)N(C)C)cc3)C(=O)C(=O)N2CC[NH+](C)C)cc1. The van der Waals surface area contributed by atoms with Crippen molar-refractivity contribution in [1.82, 2.24) is 9.21 Å². The van der Waals surface area contributed by atoms with E-state index in [9.17, 15) is 23.1 Å². The monoisotopic (exact) mass is 488 g/mol. The zero-order valence-electron chi connectivity index (χ0n) is 19.9. The molecular weight excluding hydrogens is 458 g/mol. The molecule has 1 amide bonds. The average Bonchev–Trinajstić information content (AvgIpc) is 3.07. The lowest BCUT2D eigenvalue weighted by molar-refractivity contribution is -0.857. The van der Waals surface area contributed by atoms with Gasteiger partial charge in [-0.3, -0.25) is 9.59 Å². The van der Waals surface area contributed by atoms with Crippen LogP contribution in [0.4, 0.5) is 0 Å². The first-order valence-corrected chi connectivity index (χ1v) is 12.2. The highest BCUT2D eigenvalue weighted by Crippen LogP contribution is 2.39. The fraction of sp³-hybridized carbons (Fsp3) is 0.333. The third-order valence-corrected chi connectivity index (χ3v) is 7.56. The number of hydrogen-bond acceptors (Lipinski definition) is 6. The standard InChI is InChI=1S/C24H29N3O6S/c1-25(2)14-15-27-21(16-6-10-18(33-5)11-7-16)20(23(29)24(27)30)22(28)17-8-12-19(13-9-17)34(31,32)26(3)4/h6-13,21,28H,14-15H2,1-5H3/p+1. The molecule has 2 aromatic rings. The van der Waals surface area contributed by atoms with Gasteiger partial charge in [-0.2, -0.15) is 0 Å². The number of ketones is 1. The van der Waals surface area contributed by atoms with E-state index >= 15 is 0 Å². The molecule has 0 radical (unpaired) electrons. The molecule has 3 rings (SSSR count). The van der Waals surface area contributed by atoms with Crippen LogP contribution in [0.3, 0.4) is 0 Å². The second kappa shape index (κ2) is 9.96. The molecule has 1 saturated heterocycles. The zero-order chi connectivity index (χ0) is 25.2. The highest BCUT2D eigenvalue weighted by atomic mass is 32.2. The molecule has 10 heteroatoms. The van der Waals surface area contributed by atoms with Crippen molar-refractivity contribution in [3.63, 3.8) is 0 Å². The third kappa shape index (κ3) is 4.84. The van der Waals surface area contributed by atoms with Crippen LogP contribution in [0, 0.1) is 0 Å². The number of benzene rings is 2. The number of methoxy groups -OCH3 is 1. The molecule has 1 atom stereocenters. The predicted molar refractivity (Wildman–Crippen MR) is 127 cm³/mol. The minimum absolute atomic E-state index is 0.0351. The Morgan fingerprint density at radius 3 is 2.15 bits per heavy atom. The molecule has 34 heavy (non-hydrogen) atoms. The number of likely N-dealkylation sites (N-methyl/N-ethyl adjacent to an activating group) is 1. The number of aliphatic hydroxyl groups is 1. The fourth-order valence-electron chi connectivity index (χ4n) is 3.74. The number of carbonyl (C=O) groups excluding carboxylic acids is 2. The second-order valence-electron chi connectivity index (χ2n) is 8.53. The Bertz CT molecular complexity index is 1200. The Morgan fingerprint density at radius 2 is 1.65 bits per heavy atom. The molecule has 2 N–H and O–H groups in total. The summed E-state index contributed by atoms with van der Waals surface area (Å²) >= 11 is 0. The fourth-order valence-corrected chi connectivity index (χ4v) is 4.64. The number of aliphatic hydroxyl groups excluding tert-OH is 1. The molecule has 0 spiro atoms. The predicted octanol–water partition coefficient (Wildman–Crippen LogP) is 0.512. The number of nitrogens with one attached hydrogen (secondary N) is 1. The minimum Gasteiger partial charge on any atom is -0.507 e. The van der Waals surface area contributed by atoms with E-state index in [1.54, 1.807) is 31.4 Å². The Kier molecular flexibility index (Phi) is 7.44. The summed E-state index contributed by atoms with van der Waals surface area (Å²) in [5.41, 5.74) is 0.863. The molecule has 0 saturated carbocycles. The van der Waals surface area contributed by atoms with Gasteiger partial charge in [0, 0.05) is 19.7 Å². The van der Waals surface area contributed by atoms with Gasteiger partial charge in [0.1, 0.15) is 11.5 Å². The van der Waals surface area contributed by atoms with Crippen LogP contribution in [0.5, 0.6) is 5.75 Å². The van der Waals surface area contributed by atoms with Crippen LogP contribution in [-0.2, 0) is 19.6 Å². The lowest BCUT2D eigenvalue weighted by atomic mass is 9.95. The molecule has 2 aromatic carbocycles. The molecule has 0 aromatic heterocycles. The summed E-state index contributed by atoms with van der Waals surface area (Å²) < 4.78 is 31.0. The number of carbonyl (C=O) groups is 2. The van der Waals surface area contributed by atoms with Gasteiger partial charge in [-0.1, -0.05) is 12.1 Å². The Labute approximate surface area is 199 Å². The molecule has 0 bridgehead atoms. The quantitative estimate of drug-likeness (QED) is 0.319. The van der Waals surface area contributed by atoms with E-state index in [2.05, 4.69) is 0 Å². The largest absolute Gasteiger partial charge is 0.507 e. The van der Waals surface area contributed by atoms with Gasteiger partial charge in [0.15, 0.2) is 0 Å². The van der Waals surface area contributed by atoms with Crippen molar-refractivity contribution in [2.75, 3.05) is 48.4 Å². The van der Waals surface area contributed by atoms with Crippen molar-refractivity contribution in [1.29, 1.82) is 0 Å². The molecule has 1 heterocycles. The van der Waals surface area contributed by atoms with Gasteiger partial charge in [-0.15, -0.1) is 0 Å². The lowest BCUT2D eigenvalue weighted by Crippen LogP contribution is -3.06. The number of nitrogens with zero attached hydrogens (tertiary/aromatic N) is 2. The Hall–Kier alpha value is -3.21. The molecule has 0 aliphatic carbocycles. The van der Waals surface area contributed by atoms with Gasteiger partial charge in [0.25, 0.3) is 11.7 Å². The van der Waals surface area contributed by atoms with E-state index < -0.39 is 27.8 Å². The van der Waals surface area contributed by atoms with Crippen LogP contribution in [0.2, 0.25) is 0 Å². The molecule has 1 aliphatic heterocycles. The number of likely N-dealkylation sites (tertiary alicyclic amines) is 1. The van der Waals surface area contributed by atoms with E-state index in [1.165, 1.54) is 43.3 Å². The smallest absolute Gasteiger partial charge is 0.295 e. The summed E-state index contributed by atoms with van der Waals surface area (Å²) in [6.45, 7) is 0.928. The molecule has 182 valence electrons. The number of hydrogen-bond donors (Lipinski definition) is 2. The lowest BCUT2D eigenvalue weighted by Gasteiger charge is -2.25. The maximum absolute atomic E-state index is 13.1. The Morgan fingerprint density at radius 1 is 1.06 bits per heavy atom. The molecule has 1 fully saturated rings. The first-order chi connectivity index (χ1) is 16.0. The summed E-state index contributed by atoms with van der Waals surface area (Å²) in [7, 11) is 4.64. The van der Waals surface area contributed by atoms with Crippen LogP contribution in [0.1, 0.15) is 17.2 Å². The van der Waals surface area contributed by atoms with Crippen LogP contribution in [-0.4, -0.2) is 82.8 Å². The summed E-state index contributed by atoms with van der Waals surface area (Å²) in [6.07, 6.45) is 0. The number of Topliss-reactive ketones (excluding diaryl/α,β-unsaturated/α-hetero) is 1. The van der Waals surface area contributed by atoms with Crippen molar-refractivity contribution >= 4 is 27.5 Å². The summed E-state index contributed by atoms with van der Waals surface area (Å²) in [5.74, 6) is -1.20. The first kappa shape index (κ1) is 25.4. The van der Waals surface area contributed by atoms with Crippen molar-refractivity contribution < 1.29 is 32.8 Å². The second-order valence-corrected chi connectivity index (χ2v) is 10.7. The zero-order valence-corrected chi connectivity index (χ0v) is 20.7. The molecule has 1 aliphatic rings. The van der Waals surface area contributed by atoms with Gasteiger partial charge in [0.2, 0.25) is 10.0 Å². The summed E-state index contributed by atoms with van der Waals surface area (Å²) in [4.78, 5) is 28.6. The van der Waals surface area contributed by atoms with E-state index in [0.717, 1.165) is 9.21 Å². The van der Waals surface area contributed by atoms with Gasteiger partial charge < -0.3 is 19.6 Å². The van der Waals surface area contributed by atoms with E-state index in [-0.39, 0.29) is 21.8 Å². The van der Waals surface area contributed by atoms with Gasteiger partial charge in [-0.05, 0) is 42.0 Å². The van der Waals surface area contributed by atoms with E-state index in [4.69, 9.17) is 4.74 Å². The van der Waals surface area contributed by atoms with Gasteiger partial charge >= 0.3 is 0 Å². The normalized spacial score (nSPS) is 18.2. The van der Waals surface area contributed by atoms with Crippen LogP contribution < -0.4 is 9.64 Å². The highest BCUT2D eigenvalue weighted by Gasteiger charge is 2.46. The van der Waals surface area contributed by atoms with Crippen molar-refractivity contribution in [2.24, 2.45) is 0 Å². The van der Waals surface area contributed by atoms with E-state index in [1.807, 2.05) is 14.1 Å². The van der Waals surface area contributed by atoms with Crippen LogP contribution >= 0.6 is 0 Å². The average molecular weight is 489 g/mol. The number of rotatable bonds is 8. The number of sulfonamides is 1. The Balaban J connectivity index is 2.11. The maximum atomic E-state index is 13.1. The summed E-state index contributed by atoms with van der Waals surface area (Å²) in [6, 6.07) is 11.8. The number of ether oxygens (including phenoxy) is 1. The topological polar surface area (TPSA) is 109 Å². The van der Waals surface area contributed by atoms with Gasteiger partial charge in [0.05, 0.1) is 50.8 Å². The first-order valence-electron chi connectivity index (χ1n) is 10.7. The maximum Gasteiger partial charge on any atom is 0.295 e. The number of amides is 1. The third-order valence-electron chi connectivity index (χ3n) is 5.73. The number of quaternary nitrogens is 1. The molecule has 9 nitrogen and oxygen atoms in total. The summed E-state index contributed by atoms with van der Waals surface area (Å²) in [5, 5.41) is 11.1. The van der Waals surface area contributed by atoms with E-state index in [0.29, 0.717) is 24.4 Å². The van der Waals surface area contributed by atoms with Gasteiger partial charge in [-0.25, -0.2) is 12.7 Å². The van der Waals surface area contributed by atoms with Crippen LogP contribution in [0.15, 0.2) is 59.0 Å². The highest BCUT2D eigenvalue weighted by molar-refractivity contribution is 7.89. The van der Waals surface area contributed by atoms with Crippen LogP contribution in [0.25, 0.3) is 5.76 Å². The molecular formula is C24H30N3O6S+. The van der Waals surface area contributed by atoms with Crippen molar-refractivity contribution in [3.05, 3.63) is 65.2 Å². The molecule has 1 unspecified atom stereocenters.